The van der Waals surface area contributed by atoms with E-state index in [0.717, 1.165) is 40.5 Å². The molecule has 0 saturated carbocycles. The normalized spacial score (nSPS) is 10.4. The van der Waals surface area contributed by atoms with Crippen LogP contribution in [-0.2, 0) is 57.0 Å². The Labute approximate surface area is 550 Å². The van der Waals surface area contributed by atoms with Gasteiger partial charge in [0.15, 0.2) is 0 Å². The topological polar surface area (TPSA) is 292 Å². The number of hydrogen-bond acceptors (Lipinski definition) is 22. The molecule has 0 amide bonds. The second kappa shape index (κ2) is 44.8. The Bertz CT molecular complexity index is 3220. The van der Waals surface area contributed by atoms with Crippen molar-refractivity contribution in [3.8, 4) is 62.5 Å². The van der Waals surface area contributed by atoms with Gasteiger partial charge in [-0.2, -0.15) is 0 Å². The molecule has 0 aromatic heterocycles. The molecule has 0 aliphatic carbocycles. The van der Waals surface area contributed by atoms with Crippen LogP contribution in [0.3, 0.4) is 0 Å². The van der Waals surface area contributed by atoms with Crippen molar-refractivity contribution in [1.29, 1.82) is 0 Å². The van der Waals surface area contributed by atoms with Crippen molar-refractivity contribution >= 4 is 35.8 Å². The van der Waals surface area contributed by atoms with Crippen molar-refractivity contribution < 1.29 is 110 Å². The Morgan fingerprint density at radius 1 is 0.284 bits per heavy atom. The van der Waals surface area contributed by atoms with Gasteiger partial charge >= 0.3 is 35.8 Å². The van der Waals surface area contributed by atoms with Crippen LogP contribution in [0.1, 0.15) is 31.1 Å². The van der Waals surface area contributed by atoms with Gasteiger partial charge in [0.2, 0.25) is 0 Å². The van der Waals surface area contributed by atoms with Gasteiger partial charge in [-0.05, 0) is 144 Å². The minimum Gasteiger partial charge on any atom is -0.508 e. The molecule has 0 radical (unpaired) electrons. The van der Waals surface area contributed by atoms with E-state index < -0.39 is 35.8 Å². The fourth-order valence-electron chi connectivity index (χ4n) is 7.54. The number of hydrogen-bond donors (Lipinski definition) is 3. The highest BCUT2D eigenvalue weighted by molar-refractivity contribution is 5.92. The standard InChI is InChI=1S/C44H46O14.C16H20O7.C12H10O2/c1-3-41(45)55-31-27-51-23-21-49-25-29-53-37-13-9-35(10-14-37)43(47)57-39-17-5-33(6-18-39)34-7-19-40(20-8-34)58-44(48)36-11-15-38(16-12-36)54-30-26-50-22-24-52-28-32-56-42(46)4-2;1-2-15(17)23-12-10-21-8-7-20-9-11-22-14-5-3-13(4-6-14)16(18)19;13-11-5-1-9(2-6-11)10-3-7-12(14)8-4-10/h3-20H,1-2,21-32H2;2-6H,1,7-12H2,(H,18,19);1-8,13-14H. The lowest BCUT2D eigenvalue weighted by Gasteiger charge is -2.10. The molecule has 0 unspecified atom stereocenters. The van der Waals surface area contributed by atoms with E-state index in [2.05, 4.69) is 19.7 Å². The average Bonchev–Trinajstić information content (AvgIpc) is 0.994. The Hall–Kier alpha value is -10.7. The molecule has 23 heteroatoms. The molecule has 0 fully saturated rings. The number of carboxylic acid groups (broad SMARTS) is 1. The Morgan fingerprint density at radius 2 is 0.505 bits per heavy atom. The summed E-state index contributed by atoms with van der Waals surface area (Å²) < 4.78 is 74.1. The molecular formula is C72H76O23. The fourth-order valence-corrected chi connectivity index (χ4v) is 7.54. The third kappa shape index (κ3) is 31.5. The molecule has 95 heavy (non-hydrogen) atoms. The van der Waals surface area contributed by atoms with E-state index in [9.17, 15) is 28.8 Å². The monoisotopic (exact) mass is 1310 g/mol. The number of esters is 5. The zero-order valence-corrected chi connectivity index (χ0v) is 52.3. The van der Waals surface area contributed by atoms with E-state index in [4.69, 9.17) is 81.6 Å². The quantitative estimate of drug-likeness (QED) is 0.0106. The minimum absolute atomic E-state index is 0.153. The molecule has 0 spiro atoms. The van der Waals surface area contributed by atoms with Crippen molar-refractivity contribution in [1.82, 2.24) is 0 Å². The van der Waals surface area contributed by atoms with Crippen LogP contribution in [0.2, 0.25) is 0 Å². The number of aromatic carboxylic acids is 1. The van der Waals surface area contributed by atoms with Gasteiger partial charge in [0.1, 0.15) is 79.9 Å². The smallest absolute Gasteiger partial charge is 0.343 e. The van der Waals surface area contributed by atoms with Gasteiger partial charge in [0.05, 0.1) is 96.0 Å². The summed E-state index contributed by atoms with van der Waals surface area (Å²) in [4.78, 5) is 68.8. The van der Waals surface area contributed by atoms with Gasteiger partial charge in [-0.3, -0.25) is 0 Å². The number of ether oxygens (including phenoxy) is 14. The molecule has 0 bridgehead atoms. The number of aromatic hydroxyl groups is 2. The lowest BCUT2D eigenvalue weighted by atomic mass is 10.1. The molecule has 0 heterocycles. The predicted molar refractivity (Wildman–Crippen MR) is 348 cm³/mol. The third-order valence-corrected chi connectivity index (χ3v) is 12.3. The maximum absolute atomic E-state index is 12.7. The van der Waals surface area contributed by atoms with Gasteiger partial charge in [-0.1, -0.05) is 68.3 Å². The van der Waals surface area contributed by atoms with Crippen molar-refractivity contribution in [3.05, 3.63) is 225 Å². The number of carboxylic acids is 1. The second-order valence-electron chi connectivity index (χ2n) is 19.1. The van der Waals surface area contributed by atoms with Gasteiger partial charge < -0.3 is 81.6 Å². The summed E-state index contributed by atoms with van der Waals surface area (Å²) in [6.45, 7) is 15.5. The summed E-state index contributed by atoms with van der Waals surface area (Å²) in [7, 11) is 0. The summed E-state index contributed by atoms with van der Waals surface area (Å²) in [5.74, 6) is -0.438. The zero-order valence-electron chi connectivity index (χ0n) is 52.3. The summed E-state index contributed by atoms with van der Waals surface area (Å²) >= 11 is 0. The molecule has 7 aromatic carbocycles. The first-order valence-electron chi connectivity index (χ1n) is 29.7. The Balaban J connectivity index is 0.000000355. The first-order valence-corrected chi connectivity index (χ1v) is 29.7. The number of phenols is 2. The Morgan fingerprint density at radius 3 is 0.758 bits per heavy atom. The predicted octanol–water partition coefficient (Wildman–Crippen LogP) is 10.4. The molecule has 0 saturated heterocycles. The summed E-state index contributed by atoms with van der Waals surface area (Å²) in [5, 5.41) is 27.0. The molecule has 7 aromatic rings. The maximum atomic E-state index is 12.7. The molecule has 0 aliphatic heterocycles. The average molecular weight is 1310 g/mol. The lowest BCUT2D eigenvalue weighted by molar-refractivity contribution is -0.140. The number of carbonyl (C=O) groups excluding carboxylic acids is 5. The summed E-state index contributed by atoms with van der Waals surface area (Å²) in [6.07, 6.45) is 3.28. The van der Waals surface area contributed by atoms with Crippen molar-refractivity contribution in [2.75, 3.05) is 119 Å². The molecule has 7 rings (SSSR count). The molecule has 502 valence electrons. The number of carbonyl (C=O) groups is 6. The van der Waals surface area contributed by atoms with Gasteiger partial charge in [-0.25, -0.2) is 28.8 Å². The number of rotatable bonds is 40. The van der Waals surface area contributed by atoms with Crippen LogP contribution in [0.15, 0.2) is 208 Å². The minimum atomic E-state index is -0.973. The second-order valence-corrected chi connectivity index (χ2v) is 19.1. The van der Waals surface area contributed by atoms with E-state index in [1.54, 1.807) is 109 Å². The third-order valence-electron chi connectivity index (χ3n) is 12.3. The van der Waals surface area contributed by atoms with Gasteiger partial charge in [0.25, 0.3) is 0 Å². The molecule has 23 nitrogen and oxygen atoms in total. The lowest BCUT2D eigenvalue weighted by Crippen LogP contribution is -2.13. The van der Waals surface area contributed by atoms with Crippen LogP contribution in [0.4, 0.5) is 0 Å². The van der Waals surface area contributed by atoms with Crippen molar-refractivity contribution in [2.24, 2.45) is 0 Å². The number of benzene rings is 7. The van der Waals surface area contributed by atoms with E-state index in [0.29, 0.717) is 126 Å². The molecule has 0 atom stereocenters. The van der Waals surface area contributed by atoms with Crippen molar-refractivity contribution in [2.45, 2.75) is 0 Å². The van der Waals surface area contributed by atoms with Crippen LogP contribution in [0.5, 0.6) is 40.2 Å². The van der Waals surface area contributed by atoms with E-state index >= 15 is 0 Å². The first kappa shape index (κ1) is 75.1. The van der Waals surface area contributed by atoms with Crippen LogP contribution in [-0.4, -0.2) is 170 Å². The first-order chi connectivity index (χ1) is 46.2. The largest absolute Gasteiger partial charge is 0.508 e. The van der Waals surface area contributed by atoms with Crippen molar-refractivity contribution in [3.63, 3.8) is 0 Å². The maximum Gasteiger partial charge on any atom is 0.343 e. The van der Waals surface area contributed by atoms with E-state index in [1.165, 1.54) is 12.1 Å². The zero-order chi connectivity index (χ0) is 68.1. The van der Waals surface area contributed by atoms with E-state index in [-0.39, 0.29) is 50.1 Å². The van der Waals surface area contributed by atoms with Gasteiger partial charge in [-0.15, -0.1) is 0 Å². The number of phenolic OH excluding ortho intramolecular Hbond substituents is 2. The van der Waals surface area contributed by atoms with Crippen LogP contribution in [0.25, 0.3) is 22.3 Å². The van der Waals surface area contributed by atoms with E-state index in [1.807, 2.05) is 48.5 Å². The fraction of sp³-hybridized carbons (Fsp3) is 0.250. The molecule has 3 N–H and O–H groups in total. The van der Waals surface area contributed by atoms with Crippen LogP contribution in [0, 0.1) is 0 Å². The van der Waals surface area contributed by atoms with Gasteiger partial charge in [0, 0.05) is 18.2 Å². The highest BCUT2D eigenvalue weighted by atomic mass is 16.6. The summed E-state index contributed by atoms with van der Waals surface area (Å²) in [5.41, 5.74) is 4.72. The SMILES string of the molecule is C=CC(=O)OCCOCCOCCOc1ccc(C(=O)O)cc1.C=CC(=O)OCCOCCOCCOc1ccc(C(=O)Oc2ccc(-c3ccc(OC(=O)c4ccc(OCCOCCOCCOC(=O)C=C)cc4)cc3)cc2)cc1.Oc1ccc(-c2ccc(O)cc2)cc1. The highest BCUT2D eigenvalue weighted by Gasteiger charge is 2.13. The summed E-state index contributed by atoms with van der Waals surface area (Å²) in [6, 6.07) is 47.4. The Kier molecular flexibility index (Phi) is 35.4. The molecular weight excluding hydrogens is 1230 g/mol. The van der Waals surface area contributed by atoms with Crippen LogP contribution >= 0.6 is 0 Å². The van der Waals surface area contributed by atoms with Crippen LogP contribution < -0.4 is 23.7 Å². The molecule has 0 aliphatic rings. The highest BCUT2D eigenvalue weighted by Crippen LogP contribution is 2.27.